The Morgan fingerprint density at radius 2 is 1.88 bits per heavy atom. The van der Waals surface area contributed by atoms with Crippen molar-refractivity contribution in [3.63, 3.8) is 0 Å². The van der Waals surface area contributed by atoms with E-state index in [9.17, 15) is 4.79 Å². The first-order valence-electron chi connectivity index (χ1n) is 6.83. The molecule has 0 aromatic carbocycles. The van der Waals surface area contributed by atoms with Gasteiger partial charge in [-0.05, 0) is 38.5 Å². The first-order valence-corrected chi connectivity index (χ1v) is 6.83. The number of nitrogens with two attached hydrogens (primary N) is 1. The fraction of sp³-hybridized carbons (Fsp3) is 0.929. The van der Waals surface area contributed by atoms with Crippen molar-refractivity contribution in [2.45, 2.75) is 53.5 Å². The molecule has 0 atom stereocenters. The molecule has 0 heterocycles. The molecule has 3 nitrogen and oxygen atoms in total. The molecular formula is C14H28N2O. The smallest absolute Gasteiger partial charge is 0.230 e. The van der Waals surface area contributed by atoms with Crippen molar-refractivity contribution in [3.8, 4) is 0 Å². The molecule has 1 saturated carbocycles. The average molecular weight is 240 g/mol. The summed E-state index contributed by atoms with van der Waals surface area (Å²) < 4.78 is 0. The van der Waals surface area contributed by atoms with Crippen LogP contribution >= 0.6 is 0 Å². The lowest BCUT2D eigenvalue weighted by Gasteiger charge is -2.48. The standard InChI is InChI=1S/C14H28N2O/c1-10(2)8-16(11(3)4)13(17)14(9-15)6-12(5)7-14/h10-12H,6-9,15H2,1-5H3. The first kappa shape index (κ1) is 14.5. The molecule has 0 aliphatic heterocycles. The van der Waals surface area contributed by atoms with Crippen molar-refractivity contribution in [2.75, 3.05) is 13.1 Å². The van der Waals surface area contributed by atoms with Crippen molar-refractivity contribution in [1.29, 1.82) is 0 Å². The molecule has 2 N–H and O–H groups in total. The second kappa shape index (κ2) is 5.38. The highest BCUT2D eigenvalue weighted by atomic mass is 16.2. The Morgan fingerprint density at radius 3 is 2.18 bits per heavy atom. The van der Waals surface area contributed by atoms with E-state index in [1.807, 2.05) is 4.90 Å². The Bertz CT molecular complexity index is 267. The zero-order valence-corrected chi connectivity index (χ0v) is 12.0. The van der Waals surface area contributed by atoms with E-state index >= 15 is 0 Å². The molecule has 17 heavy (non-hydrogen) atoms. The summed E-state index contributed by atoms with van der Waals surface area (Å²) >= 11 is 0. The third kappa shape index (κ3) is 3.01. The Labute approximate surface area is 106 Å². The molecule has 1 amide bonds. The fourth-order valence-corrected chi connectivity index (χ4v) is 2.93. The second-order valence-electron chi connectivity index (χ2n) is 6.44. The topological polar surface area (TPSA) is 46.3 Å². The van der Waals surface area contributed by atoms with Crippen molar-refractivity contribution < 1.29 is 4.79 Å². The number of hydrogen-bond acceptors (Lipinski definition) is 2. The fourth-order valence-electron chi connectivity index (χ4n) is 2.93. The van der Waals surface area contributed by atoms with Crippen molar-refractivity contribution in [2.24, 2.45) is 23.0 Å². The van der Waals surface area contributed by atoms with E-state index in [1.54, 1.807) is 0 Å². The van der Waals surface area contributed by atoms with E-state index in [0.29, 0.717) is 18.4 Å². The van der Waals surface area contributed by atoms with Gasteiger partial charge in [0, 0.05) is 19.1 Å². The van der Waals surface area contributed by atoms with Crippen LogP contribution in [0.15, 0.2) is 0 Å². The molecule has 3 heteroatoms. The normalized spacial score (nSPS) is 28.4. The minimum Gasteiger partial charge on any atom is -0.339 e. The highest BCUT2D eigenvalue weighted by Gasteiger charge is 2.49. The molecule has 1 aliphatic rings. The Hall–Kier alpha value is -0.570. The summed E-state index contributed by atoms with van der Waals surface area (Å²) in [7, 11) is 0. The largest absolute Gasteiger partial charge is 0.339 e. The first-order chi connectivity index (χ1) is 7.82. The maximum Gasteiger partial charge on any atom is 0.230 e. The van der Waals surface area contributed by atoms with Crippen LogP contribution in [0.25, 0.3) is 0 Å². The van der Waals surface area contributed by atoms with E-state index in [1.165, 1.54) is 0 Å². The van der Waals surface area contributed by atoms with Gasteiger partial charge >= 0.3 is 0 Å². The lowest BCUT2D eigenvalue weighted by Crippen LogP contribution is -2.56. The van der Waals surface area contributed by atoms with E-state index in [0.717, 1.165) is 19.4 Å². The molecular weight excluding hydrogens is 212 g/mol. The van der Waals surface area contributed by atoms with Crippen LogP contribution in [0.1, 0.15) is 47.5 Å². The molecule has 1 rings (SSSR count). The Morgan fingerprint density at radius 1 is 1.35 bits per heavy atom. The molecule has 0 radical (unpaired) electrons. The van der Waals surface area contributed by atoms with Gasteiger partial charge in [-0.25, -0.2) is 0 Å². The van der Waals surface area contributed by atoms with Crippen LogP contribution in [0.3, 0.4) is 0 Å². The number of hydrogen-bond donors (Lipinski definition) is 1. The summed E-state index contributed by atoms with van der Waals surface area (Å²) in [4.78, 5) is 14.7. The molecule has 1 aliphatic carbocycles. The third-order valence-corrected chi connectivity index (χ3v) is 3.77. The van der Waals surface area contributed by atoms with Gasteiger partial charge in [-0.3, -0.25) is 4.79 Å². The summed E-state index contributed by atoms with van der Waals surface area (Å²) in [6.45, 7) is 12.0. The maximum absolute atomic E-state index is 12.6. The van der Waals surface area contributed by atoms with E-state index in [2.05, 4.69) is 34.6 Å². The van der Waals surface area contributed by atoms with Gasteiger partial charge in [0.1, 0.15) is 0 Å². The highest BCUT2D eigenvalue weighted by Crippen LogP contribution is 2.46. The van der Waals surface area contributed by atoms with E-state index in [-0.39, 0.29) is 17.4 Å². The van der Waals surface area contributed by atoms with Gasteiger partial charge in [-0.15, -0.1) is 0 Å². The van der Waals surface area contributed by atoms with Crippen LogP contribution < -0.4 is 5.73 Å². The number of carbonyl (C=O) groups excluding carboxylic acids is 1. The predicted octanol–water partition coefficient (Wildman–Crippen LogP) is 2.25. The summed E-state index contributed by atoms with van der Waals surface area (Å²) in [5, 5.41) is 0. The summed E-state index contributed by atoms with van der Waals surface area (Å²) in [6.07, 6.45) is 1.92. The molecule has 0 aromatic heterocycles. The second-order valence-corrected chi connectivity index (χ2v) is 6.44. The summed E-state index contributed by atoms with van der Waals surface area (Å²) in [5.74, 6) is 1.44. The highest BCUT2D eigenvalue weighted by molar-refractivity contribution is 5.84. The molecule has 0 spiro atoms. The lowest BCUT2D eigenvalue weighted by molar-refractivity contribution is -0.152. The SMILES string of the molecule is CC(C)CN(C(=O)C1(CN)CC(C)C1)C(C)C. The Kier molecular flexibility index (Phi) is 4.59. The van der Waals surface area contributed by atoms with Crippen LogP contribution in [-0.2, 0) is 4.79 Å². The van der Waals surface area contributed by atoms with Crippen LogP contribution in [0.4, 0.5) is 0 Å². The molecule has 100 valence electrons. The van der Waals surface area contributed by atoms with Crippen molar-refractivity contribution >= 4 is 5.91 Å². The van der Waals surface area contributed by atoms with Crippen LogP contribution in [0, 0.1) is 17.3 Å². The minimum atomic E-state index is -0.251. The van der Waals surface area contributed by atoms with Crippen LogP contribution in [-0.4, -0.2) is 29.9 Å². The van der Waals surface area contributed by atoms with Gasteiger partial charge in [0.2, 0.25) is 5.91 Å². The zero-order valence-electron chi connectivity index (χ0n) is 12.0. The van der Waals surface area contributed by atoms with E-state index in [4.69, 9.17) is 5.73 Å². The number of rotatable bonds is 5. The van der Waals surface area contributed by atoms with Gasteiger partial charge in [0.05, 0.1) is 5.41 Å². The average Bonchev–Trinajstić information content (AvgIpc) is 2.19. The molecule has 0 bridgehead atoms. The summed E-state index contributed by atoms with van der Waals surface area (Å²) in [6, 6.07) is 0.268. The third-order valence-electron chi connectivity index (χ3n) is 3.77. The molecule has 0 saturated heterocycles. The van der Waals surface area contributed by atoms with Gasteiger partial charge in [-0.2, -0.15) is 0 Å². The van der Waals surface area contributed by atoms with E-state index < -0.39 is 0 Å². The predicted molar refractivity (Wildman–Crippen MR) is 71.6 cm³/mol. The van der Waals surface area contributed by atoms with Gasteiger partial charge in [0.25, 0.3) is 0 Å². The molecule has 1 fully saturated rings. The van der Waals surface area contributed by atoms with Gasteiger partial charge in [0.15, 0.2) is 0 Å². The van der Waals surface area contributed by atoms with Crippen LogP contribution in [0.2, 0.25) is 0 Å². The number of amides is 1. The maximum atomic E-state index is 12.6. The van der Waals surface area contributed by atoms with Gasteiger partial charge < -0.3 is 10.6 Å². The van der Waals surface area contributed by atoms with Gasteiger partial charge in [-0.1, -0.05) is 20.8 Å². The number of nitrogens with zero attached hydrogens (tertiary/aromatic N) is 1. The zero-order chi connectivity index (χ0) is 13.2. The summed E-state index contributed by atoms with van der Waals surface area (Å²) in [5.41, 5.74) is 5.60. The lowest BCUT2D eigenvalue weighted by atomic mass is 9.61. The van der Waals surface area contributed by atoms with Crippen molar-refractivity contribution in [3.05, 3.63) is 0 Å². The molecule has 0 unspecified atom stereocenters. The van der Waals surface area contributed by atoms with Crippen LogP contribution in [0.5, 0.6) is 0 Å². The Balaban J connectivity index is 2.77. The number of carbonyl (C=O) groups is 1. The molecule has 0 aromatic rings. The van der Waals surface area contributed by atoms with Crippen molar-refractivity contribution in [1.82, 2.24) is 4.90 Å². The minimum absolute atomic E-state index is 0.251. The quantitative estimate of drug-likeness (QED) is 0.801. The monoisotopic (exact) mass is 240 g/mol.